The van der Waals surface area contributed by atoms with Crippen molar-refractivity contribution in [2.24, 2.45) is 5.73 Å². The maximum atomic E-state index is 13.1. The highest BCUT2D eigenvalue weighted by Crippen LogP contribution is 2.41. The number of aryl methyl sites for hydroxylation is 1. The van der Waals surface area contributed by atoms with Gasteiger partial charge >= 0.3 is 6.18 Å². The number of aromatic nitrogens is 2. The van der Waals surface area contributed by atoms with Crippen molar-refractivity contribution in [2.75, 3.05) is 0 Å². The average molecular weight is 329 g/mol. The van der Waals surface area contributed by atoms with E-state index < -0.39 is 17.5 Å². The summed E-state index contributed by atoms with van der Waals surface area (Å²) >= 11 is 1.05. The molecule has 0 spiro atoms. The van der Waals surface area contributed by atoms with Crippen molar-refractivity contribution < 1.29 is 18.0 Å². The van der Waals surface area contributed by atoms with Crippen LogP contribution in [-0.4, -0.2) is 22.1 Å². The van der Waals surface area contributed by atoms with Crippen LogP contribution in [0.25, 0.3) is 10.4 Å². The van der Waals surface area contributed by atoms with Gasteiger partial charge in [0.25, 0.3) is 5.91 Å². The van der Waals surface area contributed by atoms with Crippen LogP contribution in [-0.2, 0) is 5.41 Å². The SMILES string of the molecule is Cc1nc(C(N)=O)sc1-c1ccnc(C(C)(C)C(F)(F)F)c1. The minimum atomic E-state index is -4.42. The molecule has 0 atom stereocenters. The van der Waals surface area contributed by atoms with Gasteiger partial charge in [0.1, 0.15) is 5.41 Å². The molecule has 0 fully saturated rings. The summed E-state index contributed by atoms with van der Waals surface area (Å²) in [5.74, 6) is -0.663. The number of carbonyl (C=O) groups is 1. The maximum absolute atomic E-state index is 13.1. The van der Waals surface area contributed by atoms with Gasteiger partial charge in [-0.2, -0.15) is 13.2 Å². The maximum Gasteiger partial charge on any atom is 0.399 e. The largest absolute Gasteiger partial charge is 0.399 e. The van der Waals surface area contributed by atoms with E-state index in [0.29, 0.717) is 16.1 Å². The number of halogens is 3. The molecule has 22 heavy (non-hydrogen) atoms. The molecule has 2 aromatic heterocycles. The van der Waals surface area contributed by atoms with Gasteiger partial charge in [-0.05, 0) is 38.5 Å². The first-order valence-electron chi connectivity index (χ1n) is 6.35. The highest BCUT2D eigenvalue weighted by Gasteiger charge is 2.49. The van der Waals surface area contributed by atoms with Crippen molar-refractivity contribution in [3.63, 3.8) is 0 Å². The molecule has 0 aliphatic carbocycles. The quantitative estimate of drug-likeness (QED) is 0.937. The first-order chi connectivity index (χ1) is 10.0. The van der Waals surface area contributed by atoms with Gasteiger partial charge in [0.05, 0.1) is 16.3 Å². The number of alkyl halides is 3. The molecular formula is C14H14F3N3OS. The van der Waals surface area contributed by atoms with E-state index in [0.717, 1.165) is 25.2 Å². The van der Waals surface area contributed by atoms with Crippen molar-refractivity contribution in [3.8, 4) is 10.4 Å². The zero-order valence-corrected chi connectivity index (χ0v) is 13.0. The predicted molar refractivity (Wildman–Crippen MR) is 77.7 cm³/mol. The lowest BCUT2D eigenvalue weighted by atomic mass is 9.87. The third kappa shape index (κ3) is 2.83. The van der Waals surface area contributed by atoms with Gasteiger partial charge in [-0.1, -0.05) is 0 Å². The zero-order chi connectivity index (χ0) is 16.7. The molecule has 0 bridgehead atoms. The highest BCUT2D eigenvalue weighted by molar-refractivity contribution is 7.17. The number of hydrogen-bond acceptors (Lipinski definition) is 4. The summed E-state index contributed by atoms with van der Waals surface area (Å²) in [6.07, 6.45) is -3.10. The summed E-state index contributed by atoms with van der Waals surface area (Å²) in [7, 11) is 0. The first kappa shape index (κ1) is 16.4. The Kier molecular flexibility index (Phi) is 3.99. The van der Waals surface area contributed by atoms with Crippen molar-refractivity contribution in [1.29, 1.82) is 0 Å². The van der Waals surface area contributed by atoms with E-state index in [1.54, 1.807) is 13.0 Å². The molecule has 0 aliphatic rings. The Bertz CT molecular complexity index is 722. The lowest BCUT2D eigenvalue weighted by Gasteiger charge is -2.27. The molecule has 2 N–H and O–H groups in total. The summed E-state index contributed by atoms with van der Waals surface area (Å²) in [6, 6.07) is 2.96. The van der Waals surface area contributed by atoms with Crippen molar-refractivity contribution in [1.82, 2.24) is 9.97 Å². The fraction of sp³-hybridized carbons (Fsp3) is 0.357. The van der Waals surface area contributed by atoms with Crippen LogP contribution in [0.15, 0.2) is 18.3 Å². The molecule has 2 aromatic rings. The van der Waals surface area contributed by atoms with Crippen molar-refractivity contribution in [3.05, 3.63) is 34.7 Å². The van der Waals surface area contributed by atoms with Crippen LogP contribution in [0, 0.1) is 6.92 Å². The van der Waals surface area contributed by atoms with Crippen LogP contribution in [0.3, 0.4) is 0 Å². The summed E-state index contributed by atoms with van der Waals surface area (Å²) in [4.78, 5) is 19.6. The minimum Gasteiger partial charge on any atom is -0.364 e. The Balaban J connectivity index is 2.52. The number of primary amides is 1. The number of thiazole rings is 1. The van der Waals surface area contributed by atoms with E-state index in [2.05, 4.69) is 9.97 Å². The van der Waals surface area contributed by atoms with Gasteiger partial charge in [-0.15, -0.1) is 11.3 Å². The van der Waals surface area contributed by atoms with Crippen LogP contribution >= 0.6 is 11.3 Å². The summed E-state index contributed by atoms with van der Waals surface area (Å²) in [6.45, 7) is 3.83. The number of rotatable bonds is 3. The van der Waals surface area contributed by atoms with Gasteiger partial charge in [-0.25, -0.2) is 4.98 Å². The van der Waals surface area contributed by atoms with Gasteiger partial charge < -0.3 is 5.73 Å². The molecule has 2 rings (SSSR count). The molecule has 0 saturated heterocycles. The standard InChI is InChI=1S/C14H14F3N3OS/c1-7-10(22-12(20-7)11(18)21)8-4-5-19-9(6-8)13(2,3)14(15,16)17/h4-6H,1-3H3,(H2,18,21). The Hall–Kier alpha value is -1.96. The lowest BCUT2D eigenvalue weighted by Crippen LogP contribution is -2.37. The number of carbonyl (C=O) groups excluding carboxylic acids is 1. The topological polar surface area (TPSA) is 68.9 Å². The molecule has 1 amide bonds. The Morgan fingerprint density at radius 3 is 2.45 bits per heavy atom. The molecule has 2 heterocycles. The Morgan fingerprint density at radius 2 is 1.95 bits per heavy atom. The number of amides is 1. The van der Waals surface area contributed by atoms with Crippen molar-refractivity contribution >= 4 is 17.2 Å². The molecule has 118 valence electrons. The second-order valence-corrected chi connectivity index (χ2v) is 6.35. The Labute approximate surface area is 129 Å². The summed E-state index contributed by atoms with van der Waals surface area (Å²) < 4.78 is 39.4. The normalized spacial score (nSPS) is 12.5. The molecular weight excluding hydrogens is 315 g/mol. The molecule has 8 heteroatoms. The number of nitrogens with zero attached hydrogens (tertiary/aromatic N) is 2. The van der Waals surface area contributed by atoms with Gasteiger partial charge in [-0.3, -0.25) is 9.78 Å². The number of nitrogens with two attached hydrogens (primary N) is 1. The van der Waals surface area contributed by atoms with Gasteiger partial charge in [0, 0.05) is 6.20 Å². The van der Waals surface area contributed by atoms with E-state index in [1.807, 2.05) is 0 Å². The van der Waals surface area contributed by atoms with Crippen LogP contribution < -0.4 is 5.73 Å². The van der Waals surface area contributed by atoms with Gasteiger partial charge in [0.2, 0.25) is 0 Å². The van der Waals surface area contributed by atoms with Crippen LogP contribution in [0.1, 0.15) is 35.0 Å². The Morgan fingerprint density at radius 1 is 1.32 bits per heavy atom. The van der Waals surface area contributed by atoms with Crippen LogP contribution in [0.5, 0.6) is 0 Å². The molecule has 0 aliphatic heterocycles. The summed E-state index contributed by atoms with van der Waals surface area (Å²) in [5, 5.41) is 0.126. The molecule has 0 unspecified atom stereocenters. The third-order valence-corrected chi connectivity index (χ3v) is 4.60. The van der Waals surface area contributed by atoms with Crippen molar-refractivity contribution in [2.45, 2.75) is 32.4 Å². The number of pyridine rings is 1. The van der Waals surface area contributed by atoms with E-state index in [1.165, 1.54) is 12.3 Å². The summed E-state index contributed by atoms with van der Waals surface area (Å²) in [5.41, 5.74) is 4.09. The minimum absolute atomic E-state index is 0.0917. The number of hydrogen-bond donors (Lipinski definition) is 1. The molecule has 0 saturated carbocycles. The van der Waals surface area contributed by atoms with Crippen LogP contribution in [0.2, 0.25) is 0 Å². The second-order valence-electron chi connectivity index (χ2n) is 5.35. The zero-order valence-electron chi connectivity index (χ0n) is 12.2. The van der Waals surface area contributed by atoms with E-state index >= 15 is 0 Å². The van der Waals surface area contributed by atoms with Crippen LogP contribution in [0.4, 0.5) is 13.2 Å². The molecule has 4 nitrogen and oxygen atoms in total. The fourth-order valence-electron chi connectivity index (χ4n) is 1.83. The smallest absolute Gasteiger partial charge is 0.364 e. The molecule has 0 aromatic carbocycles. The first-order valence-corrected chi connectivity index (χ1v) is 7.16. The second kappa shape index (κ2) is 5.35. The molecule has 0 radical (unpaired) electrons. The predicted octanol–water partition coefficient (Wildman–Crippen LogP) is 3.45. The van der Waals surface area contributed by atoms with E-state index in [-0.39, 0.29) is 10.7 Å². The highest BCUT2D eigenvalue weighted by atomic mass is 32.1. The van der Waals surface area contributed by atoms with Gasteiger partial charge in [0.15, 0.2) is 5.01 Å². The average Bonchev–Trinajstić information content (AvgIpc) is 2.80. The lowest BCUT2D eigenvalue weighted by molar-refractivity contribution is -0.181. The van der Waals surface area contributed by atoms with E-state index in [9.17, 15) is 18.0 Å². The third-order valence-electron chi connectivity index (χ3n) is 3.38. The fourth-order valence-corrected chi connectivity index (χ4v) is 2.74. The monoisotopic (exact) mass is 329 g/mol. The van der Waals surface area contributed by atoms with E-state index in [4.69, 9.17) is 5.73 Å².